The van der Waals surface area contributed by atoms with Gasteiger partial charge in [0.2, 0.25) is 0 Å². The molecule has 1 aliphatic heterocycles. The Balaban J connectivity index is 1.64. The summed E-state index contributed by atoms with van der Waals surface area (Å²) in [6, 6.07) is 15.6. The first-order valence-electron chi connectivity index (χ1n) is 11.5. The van der Waals surface area contributed by atoms with Gasteiger partial charge in [0, 0.05) is 12.1 Å². The summed E-state index contributed by atoms with van der Waals surface area (Å²) in [4.78, 5) is 50.1. The quantitative estimate of drug-likeness (QED) is 0.122. The number of ether oxygens (including phenoxy) is 2. The van der Waals surface area contributed by atoms with Gasteiger partial charge in [-0.3, -0.25) is 25.0 Å². The van der Waals surface area contributed by atoms with Crippen molar-refractivity contribution in [3.8, 4) is 11.5 Å². The Morgan fingerprint density at radius 3 is 2.55 bits per heavy atom. The van der Waals surface area contributed by atoms with Gasteiger partial charge in [-0.15, -0.1) is 0 Å². The predicted octanol–water partition coefficient (Wildman–Crippen LogP) is 5.02. The lowest BCUT2D eigenvalue weighted by Crippen LogP contribution is -2.54. The van der Waals surface area contributed by atoms with Crippen molar-refractivity contribution in [1.82, 2.24) is 5.32 Å². The average molecular weight is 627 g/mol. The Morgan fingerprint density at radius 2 is 1.84 bits per heavy atom. The Hall–Kier alpha value is -4.26. The van der Waals surface area contributed by atoms with E-state index in [1.165, 1.54) is 25.3 Å². The van der Waals surface area contributed by atoms with Crippen LogP contribution in [0.25, 0.3) is 6.08 Å². The Kier molecular flexibility index (Phi) is 8.05. The van der Waals surface area contributed by atoms with E-state index in [1.54, 1.807) is 36.4 Å². The van der Waals surface area contributed by atoms with E-state index in [0.717, 1.165) is 10.5 Å². The van der Waals surface area contributed by atoms with Crippen LogP contribution in [0.2, 0.25) is 0 Å². The number of urea groups is 1. The number of non-ortho nitro benzene ring substituents is 1. The van der Waals surface area contributed by atoms with Crippen molar-refractivity contribution >= 4 is 57.9 Å². The molecule has 0 atom stereocenters. The largest absolute Gasteiger partial charge is 0.493 e. The summed E-state index contributed by atoms with van der Waals surface area (Å²) in [6.45, 7) is 1.97. The van der Waals surface area contributed by atoms with Crippen molar-refractivity contribution in [3.63, 3.8) is 0 Å². The van der Waals surface area contributed by atoms with E-state index >= 15 is 0 Å². The van der Waals surface area contributed by atoms with E-state index in [0.29, 0.717) is 38.3 Å². The van der Waals surface area contributed by atoms with E-state index in [9.17, 15) is 24.5 Å². The van der Waals surface area contributed by atoms with Crippen LogP contribution < -0.4 is 19.7 Å². The fraction of sp³-hybridized carbons (Fsp3) is 0.148. The lowest BCUT2D eigenvalue weighted by molar-refractivity contribution is -0.384. The van der Waals surface area contributed by atoms with Crippen molar-refractivity contribution in [2.45, 2.75) is 20.0 Å². The summed E-state index contributed by atoms with van der Waals surface area (Å²) in [6.07, 6.45) is 1.98. The highest BCUT2D eigenvalue weighted by Crippen LogP contribution is 2.36. The molecule has 0 bridgehead atoms. The normalized spacial score (nSPS) is 14.4. The molecule has 0 saturated carbocycles. The topological polar surface area (TPSA) is 128 Å². The maximum atomic E-state index is 13.3. The molecule has 3 aromatic rings. The van der Waals surface area contributed by atoms with Gasteiger partial charge in [-0.1, -0.05) is 37.3 Å². The molecule has 1 heterocycles. The third kappa shape index (κ3) is 5.52. The zero-order valence-corrected chi connectivity index (χ0v) is 22.6. The van der Waals surface area contributed by atoms with Crippen LogP contribution in [0.15, 0.2) is 66.2 Å². The number of benzene rings is 3. The highest BCUT2D eigenvalue weighted by atomic mass is 127. The van der Waals surface area contributed by atoms with Gasteiger partial charge in [0.05, 0.1) is 21.3 Å². The number of aryl methyl sites for hydroxylation is 1. The molecule has 1 saturated heterocycles. The number of amides is 4. The molecule has 0 spiro atoms. The summed E-state index contributed by atoms with van der Waals surface area (Å²) in [5.74, 6) is -0.804. The summed E-state index contributed by atoms with van der Waals surface area (Å²) >= 11 is 2.03. The van der Waals surface area contributed by atoms with E-state index < -0.39 is 22.8 Å². The summed E-state index contributed by atoms with van der Waals surface area (Å²) in [7, 11) is 1.45. The van der Waals surface area contributed by atoms with Crippen molar-refractivity contribution in [1.29, 1.82) is 0 Å². The molecule has 10 nitrogen and oxygen atoms in total. The van der Waals surface area contributed by atoms with Crippen LogP contribution in [0.5, 0.6) is 11.5 Å². The van der Waals surface area contributed by atoms with Crippen molar-refractivity contribution < 1.29 is 28.8 Å². The van der Waals surface area contributed by atoms with Crippen molar-refractivity contribution in [3.05, 3.63) is 96.6 Å². The maximum absolute atomic E-state index is 13.3. The zero-order valence-electron chi connectivity index (χ0n) is 20.4. The van der Waals surface area contributed by atoms with Crippen molar-refractivity contribution in [2.24, 2.45) is 0 Å². The number of hydrogen-bond donors (Lipinski definition) is 1. The number of carbonyl (C=O) groups is 3. The van der Waals surface area contributed by atoms with Gasteiger partial charge in [-0.2, -0.15) is 0 Å². The molecule has 1 N–H and O–H groups in total. The SMILES string of the molecule is CCc1ccccc1N1C(=O)NC(=O)/C(=C/c2cc(I)c(OCc3cccc([N+](=O)[O-])c3)c(OC)c2)C1=O. The molecule has 0 aliphatic carbocycles. The van der Waals surface area contributed by atoms with Gasteiger partial charge in [0.25, 0.3) is 17.5 Å². The first kappa shape index (κ1) is 26.8. The van der Waals surface area contributed by atoms with Crippen LogP contribution in [0.4, 0.5) is 16.2 Å². The Labute approximate surface area is 231 Å². The van der Waals surface area contributed by atoms with Crippen LogP contribution >= 0.6 is 22.6 Å². The van der Waals surface area contributed by atoms with Gasteiger partial charge in [-0.25, -0.2) is 9.69 Å². The predicted molar refractivity (Wildman–Crippen MR) is 148 cm³/mol. The number of nitrogens with one attached hydrogen (secondary N) is 1. The number of nitrogens with zero attached hydrogens (tertiary/aromatic N) is 2. The summed E-state index contributed by atoms with van der Waals surface area (Å²) < 4.78 is 12.0. The van der Waals surface area contributed by atoms with Gasteiger partial charge in [0.1, 0.15) is 12.2 Å². The highest BCUT2D eigenvalue weighted by Gasteiger charge is 2.37. The number of para-hydroxylation sites is 1. The van der Waals surface area contributed by atoms with Crippen LogP contribution in [0, 0.1) is 13.7 Å². The number of nitro groups is 1. The van der Waals surface area contributed by atoms with Crippen molar-refractivity contribution in [2.75, 3.05) is 12.0 Å². The van der Waals surface area contributed by atoms with E-state index in [2.05, 4.69) is 5.32 Å². The minimum absolute atomic E-state index is 0.0424. The van der Waals surface area contributed by atoms with Crippen LogP contribution in [-0.4, -0.2) is 29.9 Å². The Morgan fingerprint density at radius 1 is 1.08 bits per heavy atom. The molecule has 0 radical (unpaired) electrons. The fourth-order valence-corrected chi connectivity index (χ4v) is 4.73. The van der Waals surface area contributed by atoms with Crippen LogP contribution in [0.3, 0.4) is 0 Å². The smallest absolute Gasteiger partial charge is 0.335 e. The number of nitro benzene ring substituents is 1. The summed E-state index contributed by atoms with van der Waals surface area (Å²) in [5.41, 5.74) is 2.02. The molecule has 0 unspecified atom stereocenters. The minimum Gasteiger partial charge on any atom is -0.493 e. The molecular formula is C27H22IN3O7. The van der Waals surface area contributed by atoms with Gasteiger partial charge in [0.15, 0.2) is 11.5 Å². The molecule has 38 heavy (non-hydrogen) atoms. The fourth-order valence-electron chi connectivity index (χ4n) is 3.95. The maximum Gasteiger partial charge on any atom is 0.335 e. The number of anilines is 1. The number of rotatable bonds is 8. The van der Waals surface area contributed by atoms with Gasteiger partial charge < -0.3 is 9.47 Å². The lowest BCUT2D eigenvalue weighted by atomic mass is 10.0. The summed E-state index contributed by atoms with van der Waals surface area (Å²) in [5, 5.41) is 13.3. The van der Waals surface area contributed by atoms with E-state index in [-0.39, 0.29) is 17.9 Å². The molecule has 1 aliphatic rings. The minimum atomic E-state index is -0.810. The lowest BCUT2D eigenvalue weighted by Gasteiger charge is -2.28. The third-order valence-electron chi connectivity index (χ3n) is 5.78. The number of hydrogen-bond acceptors (Lipinski definition) is 7. The Bertz CT molecular complexity index is 1490. The molecule has 3 aromatic carbocycles. The van der Waals surface area contributed by atoms with Gasteiger partial charge in [-0.05, 0) is 70.0 Å². The third-order valence-corrected chi connectivity index (χ3v) is 6.58. The molecule has 4 rings (SSSR count). The number of imide groups is 2. The second-order valence-electron chi connectivity index (χ2n) is 8.19. The average Bonchev–Trinajstić information content (AvgIpc) is 2.90. The van der Waals surface area contributed by atoms with Gasteiger partial charge >= 0.3 is 6.03 Å². The second kappa shape index (κ2) is 11.4. The molecule has 194 valence electrons. The van der Waals surface area contributed by atoms with E-state index in [4.69, 9.17) is 9.47 Å². The number of barbiturate groups is 1. The molecular weight excluding hydrogens is 605 g/mol. The highest BCUT2D eigenvalue weighted by molar-refractivity contribution is 14.1. The number of halogens is 1. The molecule has 4 amide bonds. The number of methoxy groups -OCH3 is 1. The van der Waals surface area contributed by atoms with Crippen LogP contribution in [0.1, 0.15) is 23.6 Å². The number of carbonyl (C=O) groups excluding carboxylic acids is 3. The first-order valence-corrected chi connectivity index (χ1v) is 12.5. The first-order chi connectivity index (χ1) is 18.2. The molecule has 1 fully saturated rings. The second-order valence-corrected chi connectivity index (χ2v) is 9.35. The monoisotopic (exact) mass is 627 g/mol. The molecule has 0 aromatic heterocycles. The zero-order chi connectivity index (χ0) is 27.4. The van der Waals surface area contributed by atoms with E-state index in [1.807, 2.05) is 41.6 Å². The van der Waals surface area contributed by atoms with Crippen LogP contribution in [-0.2, 0) is 22.6 Å². The standard InChI is InChI=1S/C27H22IN3O7/c1-3-18-8-4-5-10-22(18)30-26(33)20(25(32)29-27(30)34)12-17-13-21(28)24(23(14-17)37-2)38-15-16-7-6-9-19(11-16)31(35)36/h4-14H,3,15H2,1-2H3,(H,29,32,34)/b20-12-. The molecule has 11 heteroatoms.